The van der Waals surface area contributed by atoms with E-state index in [2.05, 4.69) is 15.9 Å². The summed E-state index contributed by atoms with van der Waals surface area (Å²) in [5.74, 6) is 0.516. The highest BCUT2D eigenvalue weighted by atomic mass is 79.9. The molecule has 1 aliphatic carbocycles. The lowest BCUT2D eigenvalue weighted by atomic mass is 9.90. The smallest absolute Gasteiger partial charge is 0.178 e. The molecule has 0 N–H and O–H groups in total. The van der Waals surface area contributed by atoms with Crippen molar-refractivity contribution in [2.75, 3.05) is 7.11 Å². The maximum Gasteiger partial charge on any atom is 0.178 e. The van der Waals surface area contributed by atoms with Crippen LogP contribution in [0.4, 0.5) is 0 Å². The molecule has 2 nitrogen and oxygen atoms in total. The lowest BCUT2D eigenvalue weighted by Crippen LogP contribution is -2.23. The highest BCUT2D eigenvalue weighted by Gasteiger charge is 2.29. The molecule has 1 aromatic carbocycles. The quantitative estimate of drug-likeness (QED) is 0.733. The van der Waals surface area contributed by atoms with Gasteiger partial charge in [0.1, 0.15) is 10.8 Å². The van der Waals surface area contributed by atoms with Crippen molar-refractivity contribution in [2.45, 2.75) is 17.7 Å². The number of methoxy groups -OCH3 is 1. The number of ketones is 1. The van der Waals surface area contributed by atoms with Crippen molar-refractivity contribution in [1.29, 1.82) is 0 Å². The summed E-state index contributed by atoms with van der Waals surface area (Å²) in [6.45, 7) is 0. The zero-order valence-electron chi connectivity index (χ0n) is 8.52. The average Bonchev–Trinajstić information content (AvgIpc) is 2.28. The Hall–Kier alpha value is -0.250. The monoisotopic (exact) mass is 322 g/mol. The molecule has 0 saturated carbocycles. The number of hydrogen-bond acceptors (Lipinski definition) is 2. The minimum absolute atomic E-state index is 0.00389. The molecule has 0 spiro atoms. The molecule has 0 amide bonds. The predicted octanol–water partition coefficient (Wildman–Crippen LogP) is 3.89. The Kier molecular flexibility index (Phi) is 3.48. The molecule has 1 aromatic rings. The van der Waals surface area contributed by atoms with Crippen LogP contribution in [0.1, 0.15) is 22.3 Å². The number of fused-ring (bicyclic) bond motifs is 1. The second-order valence-corrected chi connectivity index (χ2v) is 5.47. The molecule has 0 fully saturated rings. The number of hydrogen-bond donors (Lipinski definition) is 0. The van der Waals surface area contributed by atoms with E-state index in [-0.39, 0.29) is 10.6 Å². The lowest BCUT2D eigenvalue weighted by molar-refractivity contribution is 0.0981. The number of halogens is 3. The third-order valence-corrected chi connectivity index (χ3v) is 4.40. The summed E-state index contributed by atoms with van der Waals surface area (Å²) in [5, 5.41) is 0.600. The Morgan fingerprint density at radius 3 is 2.75 bits per heavy atom. The molecule has 0 aromatic heterocycles. The molecule has 1 atom stereocenters. The minimum atomic E-state index is -0.165. The number of alkyl halides is 1. The molecule has 0 heterocycles. The molecule has 1 unspecified atom stereocenters. The van der Waals surface area contributed by atoms with Crippen LogP contribution in [0.15, 0.2) is 6.07 Å². The van der Waals surface area contributed by atoms with Gasteiger partial charge in [0.05, 0.1) is 17.0 Å². The third-order valence-electron chi connectivity index (χ3n) is 2.67. The van der Waals surface area contributed by atoms with E-state index in [1.165, 1.54) is 7.11 Å². The Labute approximate surface area is 112 Å². The molecular formula is C11H9BrCl2O2. The van der Waals surface area contributed by atoms with Gasteiger partial charge in [0, 0.05) is 5.56 Å². The number of carbonyl (C=O) groups is 1. The van der Waals surface area contributed by atoms with Gasteiger partial charge in [-0.05, 0) is 24.5 Å². The first-order valence-electron chi connectivity index (χ1n) is 4.79. The summed E-state index contributed by atoms with van der Waals surface area (Å²) < 4.78 is 5.11. The number of ether oxygens (including phenoxy) is 1. The van der Waals surface area contributed by atoms with Crippen molar-refractivity contribution in [3.8, 4) is 5.75 Å². The van der Waals surface area contributed by atoms with Crippen molar-refractivity contribution in [1.82, 2.24) is 0 Å². The fourth-order valence-electron chi connectivity index (χ4n) is 1.83. The zero-order chi connectivity index (χ0) is 11.9. The molecule has 0 radical (unpaired) electrons. The Morgan fingerprint density at radius 1 is 1.44 bits per heavy atom. The van der Waals surface area contributed by atoms with Gasteiger partial charge in [-0.3, -0.25) is 4.79 Å². The lowest BCUT2D eigenvalue weighted by Gasteiger charge is -2.21. The molecule has 2 rings (SSSR count). The maximum atomic E-state index is 12.0. The predicted molar refractivity (Wildman–Crippen MR) is 68.4 cm³/mol. The van der Waals surface area contributed by atoms with Crippen molar-refractivity contribution < 1.29 is 9.53 Å². The fraction of sp³-hybridized carbons (Fsp3) is 0.364. The second kappa shape index (κ2) is 4.55. The van der Waals surface area contributed by atoms with E-state index in [0.29, 0.717) is 21.4 Å². The summed E-state index contributed by atoms with van der Waals surface area (Å²) >= 11 is 15.5. The second-order valence-electron chi connectivity index (χ2n) is 3.61. The van der Waals surface area contributed by atoms with Gasteiger partial charge in [0.25, 0.3) is 0 Å². The first-order valence-corrected chi connectivity index (χ1v) is 6.46. The summed E-state index contributed by atoms with van der Waals surface area (Å²) in [6, 6.07) is 1.79. The number of carbonyl (C=O) groups excluding carboxylic acids is 1. The third kappa shape index (κ3) is 1.85. The topological polar surface area (TPSA) is 26.3 Å². The largest absolute Gasteiger partial charge is 0.495 e. The van der Waals surface area contributed by atoms with E-state index in [1.807, 2.05) is 0 Å². The van der Waals surface area contributed by atoms with E-state index in [1.54, 1.807) is 6.07 Å². The molecular weight excluding hydrogens is 315 g/mol. The van der Waals surface area contributed by atoms with Crippen LogP contribution in [-0.4, -0.2) is 17.7 Å². The van der Waals surface area contributed by atoms with Gasteiger partial charge in [-0.15, -0.1) is 0 Å². The van der Waals surface area contributed by atoms with Gasteiger partial charge in [-0.25, -0.2) is 0 Å². The van der Waals surface area contributed by atoms with Gasteiger partial charge in [0.2, 0.25) is 0 Å². The highest BCUT2D eigenvalue weighted by molar-refractivity contribution is 9.10. The average molecular weight is 324 g/mol. The van der Waals surface area contributed by atoms with Crippen molar-refractivity contribution >= 4 is 44.9 Å². The molecule has 0 bridgehead atoms. The van der Waals surface area contributed by atoms with E-state index < -0.39 is 0 Å². The molecule has 16 heavy (non-hydrogen) atoms. The Bertz CT molecular complexity index is 460. The van der Waals surface area contributed by atoms with Gasteiger partial charge in [-0.1, -0.05) is 39.1 Å². The fourth-order valence-corrected chi connectivity index (χ4v) is 2.83. The Balaban J connectivity index is 2.64. The van der Waals surface area contributed by atoms with E-state index >= 15 is 0 Å². The molecule has 1 aliphatic rings. The first kappa shape index (κ1) is 12.2. The van der Waals surface area contributed by atoms with Crippen LogP contribution in [0.3, 0.4) is 0 Å². The summed E-state index contributed by atoms with van der Waals surface area (Å²) in [4.78, 5) is 11.8. The molecule has 0 aliphatic heterocycles. The van der Waals surface area contributed by atoms with Crippen LogP contribution >= 0.6 is 39.1 Å². The minimum Gasteiger partial charge on any atom is -0.495 e. The Morgan fingerprint density at radius 2 is 2.12 bits per heavy atom. The van der Waals surface area contributed by atoms with E-state index in [9.17, 15) is 4.79 Å². The molecule has 0 saturated heterocycles. The maximum absolute atomic E-state index is 12.0. The van der Waals surface area contributed by atoms with Crippen LogP contribution in [0.25, 0.3) is 0 Å². The number of Topliss-reactive ketones (excluding diaryl/α,β-unsaturated/α-hetero) is 1. The van der Waals surface area contributed by atoms with Gasteiger partial charge in [0.15, 0.2) is 5.78 Å². The molecule has 86 valence electrons. The highest BCUT2D eigenvalue weighted by Crippen LogP contribution is 2.40. The van der Waals surface area contributed by atoms with Crippen LogP contribution in [0.5, 0.6) is 5.75 Å². The van der Waals surface area contributed by atoms with Crippen LogP contribution < -0.4 is 4.74 Å². The summed E-state index contributed by atoms with van der Waals surface area (Å²) in [5.41, 5.74) is 1.44. The summed E-state index contributed by atoms with van der Waals surface area (Å²) in [6.07, 6.45) is 1.57. The number of aryl methyl sites for hydroxylation is 1. The van der Waals surface area contributed by atoms with Gasteiger partial charge >= 0.3 is 0 Å². The normalized spacial score (nSPS) is 19.5. The number of rotatable bonds is 1. The van der Waals surface area contributed by atoms with Crippen molar-refractivity contribution in [2.24, 2.45) is 0 Å². The SMILES string of the molecule is COc1cc2c(c(Cl)c1Cl)C(=O)C(Br)CC2. The van der Waals surface area contributed by atoms with Crippen molar-refractivity contribution in [3.05, 3.63) is 27.2 Å². The van der Waals surface area contributed by atoms with Gasteiger partial charge < -0.3 is 4.74 Å². The van der Waals surface area contributed by atoms with Crippen LogP contribution in [0, 0.1) is 0 Å². The standard InChI is InChI=1S/C11H9BrCl2O2/c1-16-7-4-5-2-3-6(12)11(15)8(5)10(14)9(7)13/h4,6H,2-3H2,1H3. The van der Waals surface area contributed by atoms with E-state index in [4.69, 9.17) is 27.9 Å². The van der Waals surface area contributed by atoms with Gasteiger partial charge in [-0.2, -0.15) is 0 Å². The number of benzene rings is 1. The van der Waals surface area contributed by atoms with Crippen LogP contribution in [-0.2, 0) is 6.42 Å². The molecule has 5 heteroatoms. The van der Waals surface area contributed by atoms with Crippen molar-refractivity contribution in [3.63, 3.8) is 0 Å². The first-order chi connectivity index (χ1) is 7.56. The summed E-state index contributed by atoms with van der Waals surface area (Å²) in [7, 11) is 1.53. The zero-order valence-corrected chi connectivity index (χ0v) is 11.6. The van der Waals surface area contributed by atoms with E-state index in [0.717, 1.165) is 18.4 Å². The van der Waals surface area contributed by atoms with Crippen LogP contribution in [0.2, 0.25) is 10.0 Å².